The molecule has 0 unspecified atom stereocenters. The average molecular weight is 181 g/mol. The standard InChI is InChI=1S/C8H9N2OS/c1-5-4-12-8(9-5)7-3-6(2)11-10-7/h3-4,9H,1-2H3. The summed E-state index contributed by atoms with van der Waals surface area (Å²) in [5, 5.41) is 10.2. The van der Waals surface area contributed by atoms with Gasteiger partial charge in [0.15, 0.2) is 5.37 Å². The number of aryl methyl sites for hydroxylation is 1. The quantitative estimate of drug-likeness (QED) is 0.719. The monoisotopic (exact) mass is 181 g/mol. The van der Waals surface area contributed by atoms with Crippen molar-refractivity contribution >= 4 is 11.8 Å². The van der Waals surface area contributed by atoms with Gasteiger partial charge in [-0.2, -0.15) is 0 Å². The Labute approximate surface area is 75.2 Å². The van der Waals surface area contributed by atoms with Gasteiger partial charge in [-0.05, 0) is 19.3 Å². The summed E-state index contributed by atoms with van der Waals surface area (Å²) >= 11 is 1.64. The van der Waals surface area contributed by atoms with E-state index in [1.54, 1.807) is 11.8 Å². The molecule has 1 radical (unpaired) electrons. The minimum Gasteiger partial charge on any atom is -0.366 e. The number of nitrogens with one attached hydrogen (secondary N) is 1. The van der Waals surface area contributed by atoms with Crippen molar-refractivity contribution < 1.29 is 4.52 Å². The van der Waals surface area contributed by atoms with Crippen LogP contribution in [0.5, 0.6) is 0 Å². The Morgan fingerprint density at radius 3 is 2.83 bits per heavy atom. The van der Waals surface area contributed by atoms with Gasteiger partial charge < -0.3 is 9.84 Å². The lowest BCUT2D eigenvalue weighted by Crippen LogP contribution is -2.12. The van der Waals surface area contributed by atoms with Crippen LogP contribution in [0.3, 0.4) is 0 Å². The molecule has 2 heterocycles. The topological polar surface area (TPSA) is 38.1 Å². The normalized spacial score (nSPS) is 17.7. The summed E-state index contributed by atoms with van der Waals surface area (Å²) in [5.74, 6) is 0.837. The fourth-order valence-electron chi connectivity index (χ4n) is 0.983. The number of thioether (sulfide) groups is 1. The van der Waals surface area contributed by atoms with Gasteiger partial charge in [0.1, 0.15) is 11.5 Å². The van der Waals surface area contributed by atoms with Gasteiger partial charge in [0.2, 0.25) is 0 Å². The van der Waals surface area contributed by atoms with Crippen LogP contribution in [0.1, 0.15) is 18.4 Å². The van der Waals surface area contributed by atoms with Gasteiger partial charge >= 0.3 is 0 Å². The molecule has 0 atom stereocenters. The highest BCUT2D eigenvalue weighted by molar-refractivity contribution is 8.05. The van der Waals surface area contributed by atoms with E-state index in [9.17, 15) is 0 Å². The van der Waals surface area contributed by atoms with E-state index >= 15 is 0 Å². The molecule has 2 rings (SSSR count). The Balaban J connectivity index is 2.13. The predicted molar refractivity (Wildman–Crippen MR) is 48.1 cm³/mol. The lowest BCUT2D eigenvalue weighted by atomic mass is 10.3. The summed E-state index contributed by atoms with van der Waals surface area (Å²) in [7, 11) is 0. The van der Waals surface area contributed by atoms with Crippen LogP contribution >= 0.6 is 11.8 Å². The molecule has 1 aliphatic rings. The molecule has 1 aromatic rings. The third kappa shape index (κ3) is 1.34. The molecule has 0 aromatic carbocycles. The molecular formula is C8H9N2OS. The summed E-state index contributed by atoms with van der Waals surface area (Å²) in [6.45, 7) is 3.91. The lowest BCUT2D eigenvalue weighted by molar-refractivity contribution is 0.393. The minimum atomic E-state index is 0.837. The van der Waals surface area contributed by atoms with Crippen molar-refractivity contribution in [2.75, 3.05) is 0 Å². The van der Waals surface area contributed by atoms with E-state index < -0.39 is 0 Å². The van der Waals surface area contributed by atoms with Gasteiger partial charge in [-0.25, -0.2) is 0 Å². The lowest BCUT2D eigenvalue weighted by Gasteiger charge is -2.04. The third-order valence-corrected chi connectivity index (χ3v) is 2.54. The second kappa shape index (κ2) is 2.86. The maximum absolute atomic E-state index is 4.96. The van der Waals surface area contributed by atoms with Crippen LogP contribution in [0.15, 0.2) is 21.7 Å². The molecule has 0 aliphatic carbocycles. The number of aromatic nitrogens is 1. The number of allylic oxidation sites excluding steroid dienone is 1. The maximum Gasteiger partial charge on any atom is 0.173 e. The summed E-state index contributed by atoms with van der Waals surface area (Å²) < 4.78 is 4.96. The zero-order valence-corrected chi connectivity index (χ0v) is 7.73. The van der Waals surface area contributed by atoms with E-state index in [1.165, 1.54) is 0 Å². The molecule has 3 nitrogen and oxygen atoms in total. The first-order chi connectivity index (χ1) is 5.75. The number of nitrogens with zero attached hydrogens (tertiary/aromatic N) is 1. The molecule has 0 saturated heterocycles. The number of hydrogen-bond donors (Lipinski definition) is 1. The Hall–Kier alpha value is -0.900. The van der Waals surface area contributed by atoms with E-state index in [-0.39, 0.29) is 0 Å². The second-order valence-electron chi connectivity index (χ2n) is 2.70. The van der Waals surface area contributed by atoms with Gasteiger partial charge in [-0.15, -0.1) is 0 Å². The van der Waals surface area contributed by atoms with Crippen molar-refractivity contribution in [1.29, 1.82) is 0 Å². The fraction of sp³-hybridized carbons (Fsp3) is 0.250. The third-order valence-electron chi connectivity index (χ3n) is 1.52. The highest BCUT2D eigenvalue weighted by atomic mass is 32.2. The van der Waals surface area contributed by atoms with Crippen LogP contribution in [0.4, 0.5) is 0 Å². The van der Waals surface area contributed by atoms with Crippen molar-refractivity contribution in [2.45, 2.75) is 13.8 Å². The average Bonchev–Trinajstić information content (AvgIpc) is 2.58. The van der Waals surface area contributed by atoms with Gasteiger partial charge in [0, 0.05) is 11.8 Å². The predicted octanol–water partition coefficient (Wildman–Crippen LogP) is 2.02. The molecule has 1 aromatic heterocycles. The van der Waals surface area contributed by atoms with E-state index in [2.05, 4.69) is 15.9 Å². The number of hydrogen-bond acceptors (Lipinski definition) is 4. The van der Waals surface area contributed by atoms with Crippen LogP contribution in [0, 0.1) is 12.3 Å². The Morgan fingerprint density at radius 1 is 1.50 bits per heavy atom. The van der Waals surface area contributed by atoms with E-state index in [4.69, 9.17) is 4.52 Å². The van der Waals surface area contributed by atoms with Crippen molar-refractivity contribution in [2.24, 2.45) is 0 Å². The van der Waals surface area contributed by atoms with E-state index in [0.29, 0.717) is 0 Å². The van der Waals surface area contributed by atoms with Crippen molar-refractivity contribution in [1.82, 2.24) is 10.5 Å². The zero-order chi connectivity index (χ0) is 8.55. The molecule has 1 aliphatic heterocycles. The molecule has 0 bridgehead atoms. The highest BCUT2D eigenvalue weighted by Gasteiger charge is 2.20. The Morgan fingerprint density at radius 2 is 2.33 bits per heavy atom. The highest BCUT2D eigenvalue weighted by Crippen LogP contribution is 2.32. The van der Waals surface area contributed by atoms with Crippen LogP contribution in [0.25, 0.3) is 0 Å². The maximum atomic E-state index is 4.96. The van der Waals surface area contributed by atoms with Crippen LogP contribution < -0.4 is 5.32 Å². The summed E-state index contributed by atoms with van der Waals surface area (Å²) in [4.78, 5) is 0. The van der Waals surface area contributed by atoms with Gasteiger partial charge in [-0.3, -0.25) is 0 Å². The van der Waals surface area contributed by atoms with E-state index in [1.807, 2.05) is 19.9 Å². The summed E-state index contributed by atoms with van der Waals surface area (Å²) in [5.41, 5.74) is 2.03. The van der Waals surface area contributed by atoms with Crippen LogP contribution in [-0.2, 0) is 0 Å². The Bertz CT molecular complexity index is 319. The molecule has 1 N–H and O–H groups in total. The zero-order valence-electron chi connectivity index (χ0n) is 6.92. The first kappa shape index (κ1) is 7.73. The molecule has 63 valence electrons. The van der Waals surface area contributed by atoms with Crippen LogP contribution in [-0.4, -0.2) is 5.16 Å². The van der Waals surface area contributed by atoms with E-state index in [0.717, 1.165) is 22.5 Å². The molecule has 0 fully saturated rings. The van der Waals surface area contributed by atoms with Crippen LogP contribution in [0.2, 0.25) is 0 Å². The fourth-order valence-corrected chi connectivity index (χ4v) is 1.77. The molecular weight excluding hydrogens is 172 g/mol. The molecule has 0 amide bonds. The molecule has 0 saturated carbocycles. The van der Waals surface area contributed by atoms with Gasteiger partial charge in [0.25, 0.3) is 0 Å². The first-order valence-corrected chi connectivity index (χ1v) is 4.55. The van der Waals surface area contributed by atoms with Crippen molar-refractivity contribution in [3.05, 3.63) is 34.0 Å². The molecule has 12 heavy (non-hydrogen) atoms. The smallest absolute Gasteiger partial charge is 0.173 e. The van der Waals surface area contributed by atoms with Gasteiger partial charge in [-0.1, -0.05) is 16.9 Å². The SMILES string of the molecule is CC1=CS[C](c2cc(C)on2)N1. The van der Waals surface area contributed by atoms with Crippen molar-refractivity contribution in [3.8, 4) is 0 Å². The van der Waals surface area contributed by atoms with Crippen molar-refractivity contribution in [3.63, 3.8) is 0 Å². The molecule has 4 heteroatoms. The largest absolute Gasteiger partial charge is 0.366 e. The number of rotatable bonds is 1. The summed E-state index contributed by atoms with van der Waals surface area (Å²) in [6, 6.07) is 1.92. The summed E-state index contributed by atoms with van der Waals surface area (Å²) in [6.07, 6.45) is 0. The second-order valence-corrected chi connectivity index (χ2v) is 3.58. The molecule has 0 spiro atoms. The minimum absolute atomic E-state index is 0.837. The Kier molecular flexibility index (Phi) is 1.84. The first-order valence-electron chi connectivity index (χ1n) is 3.67. The van der Waals surface area contributed by atoms with Gasteiger partial charge in [0.05, 0.1) is 0 Å².